The minimum Gasteiger partial charge on any atom is -0.274 e. The van der Waals surface area contributed by atoms with Gasteiger partial charge in [-0.15, -0.1) is 0 Å². The smallest absolute Gasteiger partial charge is 0.232 e. The molecule has 66 valence electrons. The number of hydrogen-bond acceptors (Lipinski definition) is 3. The molecule has 0 aliphatic heterocycles. The van der Waals surface area contributed by atoms with Gasteiger partial charge in [0.15, 0.2) is 0 Å². The molecule has 0 unspecified atom stereocenters. The van der Waals surface area contributed by atoms with Crippen LogP contribution in [0.5, 0.6) is 0 Å². The summed E-state index contributed by atoms with van der Waals surface area (Å²) in [6.07, 6.45) is 5.32. The fraction of sp³-hybridized carbons (Fsp3) is 0.222. The molecule has 2 aromatic rings. The second-order valence-corrected chi connectivity index (χ2v) is 2.73. The van der Waals surface area contributed by atoms with Crippen LogP contribution < -0.4 is 0 Å². The van der Waals surface area contributed by atoms with E-state index in [1.807, 2.05) is 6.92 Å². The maximum absolute atomic E-state index is 11.4. The summed E-state index contributed by atoms with van der Waals surface area (Å²) in [6, 6.07) is 1.79. The first-order chi connectivity index (χ1) is 6.33. The number of pyridine rings is 1. The van der Waals surface area contributed by atoms with Gasteiger partial charge < -0.3 is 0 Å². The highest BCUT2D eigenvalue weighted by Crippen LogP contribution is 2.10. The lowest BCUT2D eigenvalue weighted by molar-refractivity contribution is 0.0913. The van der Waals surface area contributed by atoms with E-state index in [2.05, 4.69) is 9.97 Å². The number of fused-ring (bicyclic) bond motifs is 1. The van der Waals surface area contributed by atoms with Gasteiger partial charge in [-0.25, -0.2) is 4.98 Å². The Morgan fingerprint density at radius 3 is 3.23 bits per heavy atom. The summed E-state index contributed by atoms with van der Waals surface area (Å²) in [5, 5.41) is 0. The van der Waals surface area contributed by atoms with E-state index in [1.165, 1.54) is 10.9 Å². The maximum atomic E-state index is 11.4. The van der Waals surface area contributed by atoms with Crippen LogP contribution in [0.3, 0.4) is 0 Å². The molecule has 13 heavy (non-hydrogen) atoms. The second-order valence-electron chi connectivity index (χ2n) is 2.73. The topological polar surface area (TPSA) is 47.8 Å². The quantitative estimate of drug-likeness (QED) is 0.659. The van der Waals surface area contributed by atoms with E-state index in [0.29, 0.717) is 6.42 Å². The van der Waals surface area contributed by atoms with Crippen LogP contribution in [0.1, 0.15) is 18.1 Å². The normalized spacial score (nSPS) is 10.5. The average Bonchev–Trinajstić information content (AvgIpc) is 2.60. The highest BCUT2D eigenvalue weighted by molar-refractivity contribution is 5.89. The van der Waals surface area contributed by atoms with E-state index >= 15 is 0 Å². The van der Waals surface area contributed by atoms with Crippen molar-refractivity contribution in [3.8, 4) is 0 Å². The number of hydrogen-bond donors (Lipinski definition) is 0. The van der Waals surface area contributed by atoms with Crippen LogP contribution in [0.4, 0.5) is 0 Å². The molecule has 0 fully saturated rings. The zero-order valence-corrected chi connectivity index (χ0v) is 7.27. The number of carbonyl (C=O) groups excluding carboxylic acids is 1. The van der Waals surface area contributed by atoms with Crippen molar-refractivity contribution in [3.63, 3.8) is 0 Å². The zero-order valence-electron chi connectivity index (χ0n) is 7.27. The monoisotopic (exact) mass is 175 g/mol. The molecule has 2 aromatic heterocycles. The standard InChI is InChI=1S/C9H9N3O/c1-2-9(13)12-6-11-7-3-4-10-5-8(7)12/h3-6H,2H2,1H3. The third-order valence-electron chi connectivity index (χ3n) is 1.92. The van der Waals surface area contributed by atoms with Gasteiger partial charge in [-0.3, -0.25) is 14.3 Å². The molecule has 0 saturated carbocycles. The van der Waals surface area contributed by atoms with Crippen LogP contribution in [-0.2, 0) is 0 Å². The van der Waals surface area contributed by atoms with Crippen LogP contribution >= 0.6 is 0 Å². The molecule has 0 aliphatic rings. The van der Waals surface area contributed by atoms with Crippen molar-refractivity contribution in [1.82, 2.24) is 14.5 Å². The minimum absolute atomic E-state index is 0.0375. The summed E-state index contributed by atoms with van der Waals surface area (Å²) in [5.74, 6) is 0.0375. The molecular weight excluding hydrogens is 166 g/mol. The van der Waals surface area contributed by atoms with Gasteiger partial charge in [0.2, 0.25) is 5.91 Å². The first kappa shape index (κ1) is 7.91. The summed E-state index contributed by atoms with van der Waals surface area (Å²) in [7, 11) is 0. The molecule has 0 saturated heterocycles. The highest BCUT2D eigenvalue weighted by Gasteiger charge is 2.06. The number of aromatic nitrogens is 3. The highest BCUT2D eigenvalue weighted by atomic mass is 16.2. The third-order valence-corrected chi connectivity index (χ3v) is 1.92. The van der Waals surface area contributed by atoms with Gasteiger partial charge in [-0.1, -0.05) is 6.92 Å². The lowest BCUT2D eigenvalue weighted by Crippen LogP contribution is -2.06. The van der Waals surface area contributed by atoms with Gasteiger partial charge in [0.1, 0.15) is 6.33 Å². The number of nitrogens with zero attached hydrogens (tertiary/aromatic N) is 3. The molecule has 2 rings (SSSR count). The van der Waals surface area contributed by atoms with Crippen LogP contribution in [0, 0.1) is 0 Å². The lowest BCUT2D eigenvalue weighted by atomic mass is 10.4. The first-order valence-corrected chi connectivity index (χ1v) is 4.13. The third kappa shape index (κ3) is 1.20. The molecule has 4 heteroatoms. The second kappa shape index (κ2) is 2.97. The summed E-state index contributed by atoms with van der Waals surface area (Å²) >= 11 is 0. The first-order valence-electron chi connectivity index (χ1n) is 4.13. The molecular formula is C9H9N3O. The molecule has 4 nitrogen and oxygen atoms in total. The Labute approximate surface area is 75.2 Å². The lowest BCUT2D eigenvalue weighted by Gasteiger charge is -1.97. The molecule has 0 radical (unpaired) electrons. The zero-order chi connectivity index (χ0) is 9.26. The van der Waals surface area contributed by atoms with E-state index in [4.69, 9.17) is 0 Å². The van der Waals surface area contributed by atoms with Crippen molar-refractivity contribution in [1.29, 1.82) is 0 Å². The Bertz CT molecular complexity index is 447. The van der Waals surface area contributed by atoms with E-state index in [-0.39, 0.29) is 5.91 Å². The van der Waals surface area contributed by atoms with Crippen LogP contribution in [-0.4, -0.2) is 20.4 Å². The maximum Gasteiger partial charge on any atom is 0.232 e. The average molecular weight is 175 g/mol. The molecule has 0 amide bonds. The SMILES string of the molecule is CCC(=O)n1cnc2ccncc21. The van der Waals surface area contributed by atoms with E-state index in [9.17, 15) is 4.79 Å². The molecule has 0 atom stereocenters. The van der Waals surface area contributed by atoms with E-state index in [0.717, 1.165) is 11.0 Å². The molecule has 2 heterocycles. The molecule has 0 N–H and O–H groups in total. The predicted molar refractivity (Wildman–Crippen MR) is 48.4 cm³/mol. The fourth-order valence-electron chi connectivity index (χ4n) is 1.22. The van der Waals surface area contributed by atoms with Gasteiger partial charge in [-0.2, -0.15) is 0 Å². The Morgan fingerprint density at radius 2 is 2.46 bits per heavy atom. The predicted octanol–water partition coefficient (Wildman–Crippen LogP) is 1.48. The largest absolute Gasteiger partial charge is 0.274 e. The molecule has 0 bridgehead atoms. The minimum atomic E-state index is 0.0375. The van der Waals surface area contributed by atoms with E-state index in [1.54, 1.807) is 18.5 Å². The van der Waals surface area contributed by atoms with Crippen molar-refractivity contribution in [2.75, 3.05) is 0 Å². The van der Waals surface area contributed by atoms with Gasteiger partial charge in [0.25, 0.3) is 0 Å². The van der Waals surface area contributed by atoms with Gasteiger partial charge in [0.05, 0.1) is 17.2 Å². The van der Waals surface area contributed by atoms with Crippen molar-refractivity contribution >= 4 is 16.9 Å². The fourth-order valence-corrected chi connectivity index (χ4v) is 1.22. The van der Waals surface area contributed by atoms with Crippen molar-refractivity contribution in [3.05, 3.63) is 24.8 Å². The number of carbonyl (C=O) groups is 1. The van der Waals surface area contributed by atoms with Crippen LogP contribution in [0.2, 0.25) is 0 Å². The van der Waals surface area contributed by atoms with Gasteiger partial charge in [-0.05, 0) is 6.07 Å². The Balaban J connectivity index is 2.64. The Kier molecular flexibility index (Phi) is 1.81. The molecule has 0 aromatic carbocycles. The summed E-state index contributed by atoms with van der Waals surface area (Å²) in [4.78, 5) is 19.4. The van der Waals surface area contributed by atoms with E-state index < -0.39 is 0 Å². The molecule has 0 spiro atoms. The summed E-state index contributed by atoms with van der Waals surface area (Å²) < 4.78 is 1.53. The number of rotatable bonds is 1. The summed E-state index contributed by atoms with van der Waals surface area (Å²) in [5.41, 5.74) is 1.58. The molecule has 0 aliphatic carbocycles. The summed E-state index contributed by atoms with van der Waals surface area (Å²) in [6.45, 7) is 1.82. The van der Waals surface area contributed by atoms with Crippen LogP contribution in [0.15, 0.2) is 24.8 Å². The van der Waals surface area contributed by atoms with Gasteiger partial charge in [0, 0.05) is 12.6 Å². The van der Waals surface area contributed by atoms with Crippen molar-refractivity contribution < 1.29 is 4.79 Å². The van der Waals surface area contributed by atoms with Crippen molar-refractivity contribution in [2.24, 2.45) is 0 Å². The van der Waals surface area contributed by atoms with Crippen molar-refractivity contribution in [2.45, 2.75) is 13.3 Å². The Morgan fingerprint density at radius 1 is 1.62 bits per heavy atom. The Hall–Kier alpha value is -1.71. The number of imidazole rings is 1. The van der Waals surface area contributed by atoms with Crippen LogP contribution in [0.25, 0.3) is 11.0 Å². The van der Waals surface area contributed by atoms with Gasteiger partial charge >= 0.3 is 0 Å².